The number of carbonyl (C=O) groups is 2. The summed E-state index contributed by atoms with van der Waals surface area (Å²) < 4.78 is 10.8. The Labute approximate surface area is 154 Å². The number of phenolic OH excluding ortho intramolecular Hbond substituents is 1. The third-order valence-corrected chi connectivity index (χ3v) is 5.01. The summed E-state index contributed by atoms with van der Waals surface area (Å²) in [5.74, 6) is -3.86. The van der Waals surface area contributed by atoms with Crippen LogP contribution in [0.5, 0.6) is 11.5 Å². The largest absolute Gasteiger partial charge is 0.504 e. The van der Waals surface area contributed by atoms with E-state index in [1.165, 1.54) is 19.1 Å². The molecule has 1 aromatic carbocycles. The van der Waals surface area contributed by atoms with Crippen molar-refractivity contribution in [2.24, 2.45) is 5.92 Å². The van der Waals surface area contributed by atoms with Gasteiger partial charge in [-0.05, 0) is 19.1 Å². The third kappa shape index (κ3) is 2.98. The molecule has 1 aliphatic heterocycles. The summed E-state index contributed by atoms with van der Waals surface area (Å²) >= 11 is 0. The first-order valence-electron chi connectivity index (χ1n) is 8.33. The van der Waals surface area contributed by atoms with Crippen molar-refractivity contribution in [1.82, 2.24) is 0 Å². The van der Waals surface area contributed by atoms with Gasteiger partial charge in [-0.2, -0.15) is 0 Å². The lowest BCUT2D eigenvalue weighted by Gasteiger charge is -2.40. The molecule has 5 atom stereocenters. The molecule has 0 bridgehead atoms. The summed E-state index contributed by atoms with van der Waals surface area (Å²) in [5.41, 5.74) is -0.639. The van der Waals surface area contributed by atoms with Crippen molar-refractivity contribution in [2.45, 2.75) is 38.4 Å². The maximum Gasteiger partial charge on any atom is 0.232 e. The standard InChI is InChI=1S/C18H20O9/c1-6-10(5-19)27-18(17(25)13(6)21)26-9-4-3-8-11(15(9)23)16(24)14(22)7(2)12(8)20/h3-4,6,10,13,17-19,21-23,25H,5H2,1-2H3/t6-,10?,13?,17-,18-/m1/s1. The molecule has 0 radical (unpaired) electrons. The van der Waals surface area contributed by atoms with Crippen molar-refractivity contribution in [3.05, 3.63) is 34.6 Å². The molecule has 2 unspecified atom stereocenters. The van der Waals surface area contributed by atoms with E-state index in [1.54, 1.807) is 6.92 Å². The molecule has 1 saturated heterocycles. The zero-order valence-corrected chi connectivity index (χ0v) is 14.6. The Balaban J connectivity index is 1.95. The smallest absolute Gasteiger partial charge is 0.232 e. The molecule has 1 aliphatic carbocycles. The van der Waals surface area contributed by atoms with Gasteiger partial charge in [-0.1, -0.05) is 6.92 Å². The lowest BCUT2D eigenvalue weighted by Crippen LogP contribution is -2.56. The Hall–Kier alpha value is -2.46. The third-order valence-electron chi connectivity index (χ3n) is 5.01. The Morgan fingerprint density at radius 2 is 1.78 bits per heavy atom. The van der Waals surface area contributed by atoms with E-state index in [9.17, 15) is 35.1 Å². The summed E-state index contributed by atoms with van der Waals surface area (Å²) in [7, 11) is 0. The van der Waals surface area contributed by atoms with Gasteiger partial charge in [0.15, 0.2) is 23.0 Å². The zero-order chi connectivity index (χ0) is 20.0. The second-order valence-corrected chi connectivity index (χ2v) is 6.65. The van der Waals surface area contributed by atoms with Crippen molar-refractivity contribution in [3.63, 3.8) is 0 Å². The van der Waals surface area contributed by atoms with E-state index < -0.39 is 65.8 Å². The lowest BCUT2D eigenvalue weighted by atomic mass is 9.88. The number of ether oxygens (including phenoxy) is 2. The summed E-state index contributed by atoms with van der Waals surface area (Å²) in [6.07, 6.45) is -4.98. The zero-order valence-electron chi connectivity index (χ0n) is 14.6. The molecule has 0 spiro atoms. The van der Waals surface area contributed by atoms with Crippen LogP contribution < -0.4 is 4.74 Å². The fraction of sp³-hybridized carbons (Fsp3) is 0.444. The van der Waals surface area contributed by atoms with E-state index in [1.807, 2.05) is 0 Å². The fourth-order valence-electron chi connectivity index (χ4n) is 3.19. The summed E-state index contributed by atoms with van der Waals surface area (Å²) in [4.78, 5) is 24.5. The van der Waals surface area contributed by atoms with Crippen LogP contribution in [-0.2, 0) is 4.74 Å². The molecule has 9 nitrogen and oxygen atoms in total. The summed E-state index contributed by atoms with van der Waals surface area (Å²) in [5, 5.41) is 49.8. The van der Waals surface area contributed by atoms with Crippen LogP contribution in [0.1, 0.15) is 34.6 Å². The molecular weight excluding hydrogens is 360 g/mol. The molecule has 1 aromatic rings. The van der Waals surface area contributed by atoms with Gasteiger partial charge in [-0.3, -0.25) is 9.59 Å². The average molecular weight is 380 g/mol. The van der Waals surface area contributed by atoms with Gasteiger partial charge in [0.2, 0.25) is 12.1 Å². The highest BCUT2D eigenvalue weighted by Crippen LogP contribution is 2.39. The molecule has 3 rings (SSSR count). The van der Waals surface area contributed by atoms with Crippen molar-refractivity contribution in [1.29, 1.82) is 0 Å². The van der Waals surface area contributed by atoms with Crippen molar-refractivity contribution < 1.29 is 44.6 Å². The van der Waals surface area contributed by atoms with Crippen molar-refractivity contribution in [3.8, 4) is 11.5 Å². The first-order chi connectivity index (χ1) is 12.7. The van der Waals surface area contributed by atoms with Crippen molar-refractivity contribution >= 4 is 11.6 Å². The van der Waals surface area contributed by atoms with Gasteiger partial charge in [0, 0.05) is 17.1 Å². The number of aromatic hydroxyl groups is 1. The van der Waals surface area contributed by atoms with Gasteiger partial charge in [0.05, 0.1) is 24.4 Å². The number of allylic oxidation sites excluding steroid dienone is 2. The van der Waals surface area contributed by atoms with Crippen molar-refractivity contribution in [2.75, 3.05) is 6.61 Å². The minimum atomic E-state index is -1.48. The maximum atomic E-state index is 12.3. The molecule has 1 fully saturated rings. The quantitative estimate of drug-likeness (QED) is 0.489. The number of benzene rings is 1. The molecule has 2 aliphatic rings. The summed E-state index contributed by atoms with van der Waals surface area (Å²) in [6.45, 7) is 2.46. The van der Waals surface area contributed by atoms with E-state index in [2.05, 4.69) is 0 Å². The molecule has 9 heteroatoms. The highest BCUT2D eigenvalue weighted by molar-refractivity contribution is 6.27. The number of phenols is 1. The number of rotatable bonds is 3. The van der Waals surface area contributed by atoms with E-state index in [0.717, 1.165) is 0 Å². The lowest BCUT2D eigenvalue weighted by molar-refractivity contribution is -0.261. The number of aliphatic hydroxyl groups excluding tert-OH is 4. The molecule has 5 N–H and O–H groups in total. The number of aliphatic hydroxyl groups is 4. The molecule has 27 heavy (non-hydrogen) atoms. The Kier molecular flexibility index (Phi) is 4.96. The summed E-state index contributed by atoms with van der Waals surface area (Å²) in [6, 6.07) is 2.46. The predicted octanol–water partition coefficient (Wildman–Crippen LogP) is 0.0571. The van der Waals surface area contributed by atoms with E-state index in [-0.39, 0.29) is 16.9 Å². The Bertz CT molecular complexity index is 826. The second kappa shape index (κ2) is 6.93. The van der Waals surface area contributed by atoms with E-state index in [0.29, 0.717) is 0 Å². The van der Waals surface area contributed by atoms with Gasteiger partial charge in [0.25, 0.3) is 0 Å². The Morgan fingerprint density at radius 3 is 2.41 bits per heavy atom. The van der Waals surface area contributed by atoms with Gasteiger partial charge >= 0.3 is 0 Å². The highest BCUT2D eigenvalue weighted by Gasteiger charge is 2.44. The minimum Gasteiger partial charge on any atom is -0.504 e. The van der Waals surface area contributed by atoms with Crippen LogP contribution >= 0.6 is 0 Å². The number of hydrogen-bond acceptors (Lipinski definition) is 9. The number of fused-ring (bicyclic) bond motifs is 1. The maximum absolute atomic E-state index is 12.3. The number of hydrogen-bond donors (Lipinski definition) is 5. The van der Waals surface area contributed by atoms with Gasteiger partial charge in [0.1, 0.15) is 6.10 Å². The molecule has 0 saturated carbocycles. The first-order valence-corrected chi connectivity index (χ1v) is 8.33. The highest BCUT2D eigenvalue weighted by atomic mass is 16.7. The first kappa shape index (κ1) is 19.3. The predicted molar refractivity (Wildman–Crippen MR) is 89.6 cm³/mol. The molecule has 0 aromatic heterocycles. The van der Waals surface area contributed by atoms with Crippen LogP contribution in [0, 0.1) is 5.92 Å². The van der Waals surface area contributed by atoms with Gasteiger partial charge in [-0.15, -0.1) is 0 Å². The van der Waals surface area contributed by atoms with E-state index >= 15 is 0 Å². The minimum absolute atomic E-state index is 0.0906. The van der Waals surface area contributed by atoms with Crippen LogP contribution in [0.25, 0.3) is 0 Å². The molecule has 1 heterocycles. The van der Waals surface area contributed by atoms with E-state index in [4.69, 9.17) is 9.47 Å². The monoisotopic (exact) mass is 380 g/mol. The molecular formula is C18H20O9. The molecule has 146 valence electrons. The van der Waals surface area contributed by atoms with Gasteiger partial charge < -0.3 is 35.0 Å². The van der Waals surface area contributed by atoms with Crippen LogP contribution in [0.3, 0.4) is 0 Å². The number of Topliss-reactive ketones (excluding diaryl/α,β-unsaturated/α-hetero) is 2. The van der Waals surface area contributed by atoms with Crippen LogP contribution in [0.4, 0.5) is 0 Å². The average Bonchev–Trinajstić information content (AvgIpc) is 2.66. The van der Waals surface area contributed by atoms with Gasteiger partial charge in [-0.25, -0.2) is 0 Å². The SMILES string of the molecule is CC1=C(O)C(=O)c2c(ccc(O[C@@H]3OC(CO)[C@@H](C)C(O)[C@H]3O)c2O)C1=O. The van der Waals surface area contributed by atoms with Crippen LogP contribution in [0.15, 0.2) is 23.5 Å². The number of carbonyl (C=O) groups excluding carboxylic acids is 2. The normalized spacial score (nSPS) is 31.1. The fourth-order valence-corrected chi connectivity index (χ4v) is 3.19. The second-order valence-electron chi connectivity index (χ2n) is 6.65. The molecule has 0 amide bonds. The van der Waals surface area contributed by atoms with Crippen LogP contribution in [-0.4, -0.2) is 68.3 Å². The van der Waals surface area contributed by atoms with Crippen LogP contribution in [0.2, 0.25) is 0 Å². The topological polar surface area (TPSA) is 154 Å². The Morgan fingerprint density at radius 1 is 1.11 bits per heavy atom. The number of ketones is 2.